The van der Waals surface area contributed by atoms with Crippen LogP contribution in [-0.2, 0) is 0 Å². The van der Waals surface area contributed by atoms with E-state index in [1.807, 2.05) is 24.1 Å². The Balaban J connectivity index is 1.73. The van der Waals surface area contributed by atoms with Crippen LogP contribution >= 0.6 is 0 Å². The summed E-state index contributed by atoms with van der Waals surface area (Å²) in [5.41, 5.74) is 3.22. The van der Waals surface area contributed by atoms with Gasteiger partial charge in [-0.25, -0.2) is 4.98 Å². The fourth-order valence-corrected chi connectivity index (χ4v) is 2.39. The Morgan fingerprint density at radius 2 is 2.04 bits per heavy atom. The molecule has 0 radical (unpaired) electrons. The molecule has 2 heterocycles. The predicted molar refractivity (Wildman–Crippen MR) is 90.3 cm³/mol. The maximum absolute atomic E-state index is 12.3. The Bertz CT molecular complexity index is 741. The van der Waals surface area contributed by atoms with E-state index in [2.05, 4.69) is 15.4 Å². The van der Waals surface area contributed by atoms with Crippen molar-refractivity contribution < 1.29 is 9.53 Å². The number of hydrogen-bond acceptors (Lipinski definition) is 5. The normalized spacial score (nSPS) is 13.7. The van der Waals surface area contributed by atoms with Crippen molar-refractivity contribution >= 4 is 23.0 Å². The number of nitrogens with one attached hydrogen (secondary N) is 1. The second kappa shape index (κ2) is 6.48. The number of carbonyl (C=O) groups is 1. The maximum atomic E-state index is 12.3. The topological polar surface area (TPSA) is 66.8 Å². The van der Waals surface area contributed by atoms with E-state index in [0.717, 1.165) is 24.4 Å². The number of hydrazone groups is 1. The van der Waals surface area contributed by atoms with E-state index >= 15 is 0 Å². The van der Waals surface area contributed by atoms with E-state index in [-0.39, 0.29) is 5.91 Å². The van der Waals surface area contributed by atoms with Gasteiger partial charge in [0.15, 0.2) is 0 Å². The molecule has 0 bridgehead atoms. The third-order valence-electron chi connectivity index (χ3n) is 3.62. The molecule has 0 unspecified atom stereocenters. The Morgan fingerprint density at radius 1 is 1.26 bits per heavy atom. The molecule has 0 spiro atoms. The Labute approximate surface area is 134 Å². The standard InChI is InChI=1S/C17H18N4O2/c1-12-9-11-21(20-12)14-7-5-13(6-8-14)16(22)19-15-4-3-10-18-17(15)23-2/h3-8,10H,9,11H2,1-2H3,(H,19,22). The smallest absolute Gasteiger partial charge is 0.255 e. The predicted octanol–water partition coefficient (Wildman–Crippen LogP) is 2.93. The van der Waals surface area contributed by atoms with Crippen molar-refractivity contribution in [3.8, 4) is 5.88 Å². The first-order valence-corrected chi connectivity index (χ1v) is 7.39. The van der Waals surface area contributed by atoms with Gasteiger partial charge in [0.05, 0.1) is 12.8 Å². The number of carbonyl (C=O) groups excluding carboxylic acids is 1. The molecule has 23 heavy (non-hydrogen) atoms. The molecule has 6 nitrogen and oxygen atoms in total. The van der Waals surface area contributed by atoms with Gasteiger partial charge in [0.25, 0.3) is 5.91 Å². The van der Waals surface area contributed by atoms with Gasteiger partial charge in [-0.2, -0.15) is 5.10 Å². The summed E-state index contributed by atoms with van der Waals surface area (Å²) < 4.78 is 5.13. The number of rotatable bonds is 4. The maximum Gasteiger partial charge on any atom is 0.255 e. The molecule has 0 atom stereocenters. The van der Waals surface area contributed by atoms with Gasteiger partial charge in [0.1, 0.15) is 5.69 Å². The van der Waals surface area contributed by atoms with E-state index in [9.17, 15) is 4.79 Å². The van der Waals surface area contributed by atoms with Crippen LogP contribution < -0.4 is 15.1 Å². The van der Waals surface area contributed by atoms with Gasteiger partial charge < -0.3 is 10.1 Å². The van der Waals surface area contributed by atoms with E-state index in [1.54, 1.807) is 30.5 Å². The van der Waals surface area contributed by atoms with Crippen molar-refractivity contribution in [1.29, 1.82) is 0 Å². The van der Waals surface area contributed by atoms with Crippen molar-refractivity contribution in [1.82, 2.24) is 4.98 Å². The van der Waals surface area contributed by atoms with E-state index in [4.69, 9.17) is 4.74 Å². The molecular formula is C17H18N4O2. The average Bonchev–Trinajstić information content (AvgIpc) is 3.02. The van der Waals surface area contributed by atoms with Crippen molar-refractivity contribution in [3.05, 3.63) is 48.2 Å². The Hall–Kier alpha value is -2.89. The lowest BCUT2D eigenvalue weighted by Gasteiger charge is -2.14. The molecule has 6 heteroatoms. The Kier molecular flexibility index (Phi) is 4.23. The molecule has 1 amide bonds. The van der Waals surface area contributed by atoms with Crippen molar-refractivity contribution in [2.45, 2.75) is 13.3 Å². The molecule has 1 aromatic carbocycles. The number of amides is 1. The van der Waals surface area contributed by atoms with E-state index in [1.165, 1.54) is 7.11 Å². The summed E-state index contributed by atoms with van der Waals surface area (Å²) in [5, 5.41) is 9.20. The van der Waals surface area contributed by atoms with Gasteiger partial charge in [-0.3, -0.25) is 9.80 Å². The number of anilines is 2. The molecule has 0 aliphatic carbocycles. The molecule has 1 N–H and O–H groups in total. The molecule has 0 fully saturated rings. The van der Waals surface area contributed by atoms with Crippen molar-refractivity contribution in [3.63, 3.8) is 0 Å². The summed E-state index contributed by atoms with van der Waals surface area (Å²) in [6.07, 6.45) is 2.59. The molecule has 118 valence electrons. The van der Waals surface area contributed by atoms with Gasteiger partial charge in [0.2, 0.25) is 5.88 Å². The largest absolute Gasteiger partial charge is 0.480 e. The van der Waals surface area contributed by atoms with Crippen LogP contribution in [0.1, 0.15) is 23.7 Å². The molecule has 3 rings (SSSR count). The second-order valence-corrected chi connectivity index (χ2v) is 5.27. The zero-order valence-corrected chi connectivity index (χ0v) is 13.1. The SMILES string of the molecule is COc1ncccc1NC(=O)c1ccc(N2CCC(C)=N2)cc1. The fourth-order valence-electron chi connectivity index (χ4n) is 2.39. The summed E-state index contributed by atoms with van der Waals surface area (Å²) in [5.74, 6) is 0.184. The average molecular weight is 310 g/mol. The van der Waals surface area contributed by atoms with Crippen LogP contribution in [0.4, 0.5) is 11.4 Å². The third kappa shape index (κ3) is 3.31. The summed E-state index contributed by atoms with van der Waals surface area (Å²) in [6, 6.07) is 10.9. The number of nitrogens with zero attached hydrogens (tertiary/aromatic N) is 3. The van der Waals surface area contributed by atoms with Crippen LogP contribution in [0.3, 0.4) is 0 Å². The highest BCUT2D eigenvalue weighted by Crippen LogP contribution is 2.22. The zero-order valence-electron chi connectivity index (χ0n) is 13.1. The second-order valence-electron chi connectivity index (χ2n) is 5.27. The van der Waals surface area contributed by atoms with Crippen molar-refractivity contribution in [2.24, 2.45) is 5.10 Å². The minimum absolute atomic E-state index is 0.205. The van der Waals surface area contributed by atoms with Crippen LogP contribution in [0, 0.1) is 0 Å². The van der Waals surface area contributed by atoms with E-state index in [0.29, 0.717) is 17.1 Å². The first-order chi connectivity index (χ1) is 11.2. The van der Waals surface area contributed by atoms with Gasteiger partial charge in [-0.1, -0.05) is 0 Å². The lowest BCUT2D eigenvalue weighted by molar-refractivity contribution is 0.102. The molecule has 1 aliphatic rings. The van der Waals surface area contributed by atoms with Crippen LogP contribution in [-0.4, -0.2) is 30.3 Å². The molecule has 0 saturated heterocycles. The van der Waals surface area contributed by atoms with Gasteiger partial charge in [0, 0.05) is 30.4 Å². The van der Waals surface area contributed by atoms with Gasteiger partial charge in [-0.05, 0) is 43.3 Å². The highest BCUT2D eigenvalue weighted by atomic mass is 16.5. The van der Waals surface area contributed by atoms with Crippen LogP contribution in [0.5, 0.6) is 5.88 Å². The van der Waals surface area contributed by atoms with Gasteiger partial charge >= 0.3 is 0 Å². The lowest BCUT2D eigenvalue weighted by atomic mass is 10.2. The zero-order chi connectivity index (χ0) is 16.2. The minimum Gasteiger partial charge on any atom is -0.480 e. The fraction of sp³-hybridized carbons (Fsp3) is 0.235. The first-order valence-electron chi connectivity index (χ1n) is 7.39. The number of benzene rings is 1. The molecule has 2 aromatic rings. The highest BCUT2D eigenvalue weighted by molar-refractivity contribution is 6.05. The number of aromatic nitrogens is 1. The Morgan fingerprint density at radius 3 is 2.70 bits per heavy atom. The van der Waals surface area contributed by atoms with Crippen LogP contribution in [0.2, 0.25) is 0 Å². The summed E-state index contributed by atoms with van der Waals surface area (Å²) in [4.78, 5) is 16.4. The number of pyridine rings is 1. The summed E-state index contributed by atoms with van der Waals surface area (Å²) in [7, 11) is 1.52. The van der Waals surface area contributed by atoms with Crippen LogP contribution in [0.15, 0.2) is 47.7 Å². The van der Waals surface area contributed by atoms with E-state index < -0.39 is 0 Å². The quantitative estimate of drug-likeness (QED) is 0.943. The highest BCUT2D eigenvalue weighted by Gasteiger charge is 2.14. The van der Waals surface area contributed by atoms with Crippen LogP contribution in [0.25, 0.3) is 0 Å². The monoisotopic (exact) mass is 310 g/mol. The third-order valence-corrected chi connectivity index (χ3v) is 3.62. The molecule has 1 aliphatic heterocycles. The number of ether oxygens (including phenoxy) is 1. The van der Waals surface area contributed by atoms with Crippen molar-refractivity contribution in [2.75, 3.05) is 24.0 Å². The summed E-state index contributed by atoms with van der Waals surface area (Å²) in [6.45, 7) is 2.90. The summed E-state index contributed by atoms with van der Waals surface area (Å²) >= 11 is 0. The number of methoxy groups -OCH3 is 1. The first kappa shape index (κ1) is 15.0. The van der Waals surface area contributed by atoms with Gasteiger partial charge in [-0.15, -0.1) is 0 Å². The lowest BCUT2D eigenvalue weighted by Crippen LogP contribution is -2.14. The molecule has 0 saturated carbocycles. The minimum atomic E-state index is -0.205. The number of hydrogen-bond donors (Lipinski definition) is 1. The molecule has 1 aromatic heterocycles. The molecular weight excluding hydrogens is 292 g/mol.